The molecule has 5 aliphatic carbocycles. The van der Waals surface area contributed by atoms with Gasteiger partial charge in [-0.3, -0.25) is 0 Å². The maximum atomic E-state index is 5.33. The first-order chi connectivity index (χ1) is 31.6. The summed E-state index contributed by atoms with van der Waals surface area (Å²) >= 11 is 0. The molecular weight excluding hydrogens is 783 g/mol. The van der Waals surface area contributed by atoms with Gasteiger partial charge in [-0.05, 0) is 102 Å². The third-order valence-electron chi connectivity index (χ3n) is 14.6. The minimum Gasteiger partial charge on any atom is -0.244 e. The van der Waals surface area contributed by atoms with Gasteiger partial charge in [0.1, 0.15) is 5.69 Å². The van der Waals surface area contributed by atoms with E-state index in [-0.39, 0.29) is 5.41 Å². The molecule has 7 nitrogen and oxygen atoms in total. The summed E-state index contributed by atoms with van der Waals surface area (Å²) in [5.74, 6) is 6.71. The van der Waals surface area contributed by atoms with Crippen LogP contribution in [0.4, 0.5) is 0 Å². The summed E-state index contributed by atoms with van der Waals surface area (Å²) in [5, 5.41) is 0. The van der Waals surface area contributed by atoms with Crippen molar-refractivity contribution in [2.24, 2.45) is 23.7 Å². The number of benzene rings is 6. The van der Waals surface area contributed by atoms with Crippen LogP contribution in [0.15, 0.2) is 176 Å². The first kappa shape index (κ1) is 37.1. The lowest BCUT2D eigenvalue weighted by Gasteiger charge is -2.61. The van der Waals surface area contributed by atoms with Gasteiger partial charge in [-0.25, -0.2) is 34.9 Å². The molecule has 6 aromatic carbocycles. The van der Waals surface area contributed by atoms with Gasteiger partial charge in [0.2, 0.25) is 0 Å². The van der Waals surface area contributed by atoms with E-state index in [1.807, 2.05) is 103 Å². The zero-order valence-corrected chi connectivity index (χ0v) is 35.2. The number of rotatable bonds is 7. The molecule has 9 aromatic rings. The van der Waals surface area contributed by atoms with Crippen LogP contribution in [0.3, 0.4) is 0 Å². The lowest BCUT2D eigenvalue weighted by atomic mass is 9.43. The quantitative estimate of drug-likeness (QED) is 0.158. The van der Waals surface area contributed by atoms with Gasteiger partial charge in [-0.2, -0.15) is 0 Å². The van der Waals surface area contributed by atoms with Gasteiger partial charge in [-0.15, -0.1) is 0 Å². The molecule has 3 heterocycles. The lowest BCUT2D eigenvalue weighted by molar-refractivity contribution is -0.0399. The maximum Gasteiger partial charge on any atom is 0.182 e. The number of hydrogen-bond acceptors (Lipinski definition) is 7. The molecule has 0 atom stereocenters. The molecule has 306 valence electrons. The van der Waals surface area contributed by atoms with Crippen LogP contribution in [0.5, 0.6) is 0 Å². The Kier molecular flexibility index (Phi) is 8.58. The predicted molar refractivity (Wildman–Crippen MR) is 252 cm³/mol. The molecule has 3 aromatic heterocycles. The van der Waals surface area contributed by atoms with Gasteiger partial charge in [0.05, 0.1) is 5.69 Å². The monoisotopic (exact) mass is 825 g/mol. The number of pyridine rings is 1. The third kappa shape index (κ3) is 6.05. The fourth-order valence-corrected chi connectivity index (χ4v) is 12.1. The fraction of sp³-hybridized carbons (Fsp3) is 0.175. The van der Waals surface area contributed by atoms with Crippen molar-refractivity contribution in [3.8, 4) is 90.8 Å². The van der Waals surface area contributed by atoms with Gasteiger partial charge in [0.25, 0.3) is 0 Å². The van der Waals surface area contributed by atoms with Gasteiger partial charge < -0.3 is 0 Å². The van der Waals surface area contributed by atoms with Crippen molar-refractivity contribution >= 4 is 0 Å². The highest BCUT2D eigenvalue weighted by atomic mass is 15.1. The molecule has 4 bridgehead atoms. The predicted octanol–water partition coefficient (Wildman–Crippen LogP) is 12.8. The Hall–Kier alpha value is -7.51. The SMILES string of the molecule is c1ccc(-c2nc(-c3ccccc3)nc(-c3ccc4c(c3)-c3ccc(-c5cccc(-c6nc(-c7ccccc7)nc(-c7ccccc7)n6)n5)cc3C43C4CC5CC(C4)CC3C5)n2)cc1. The van der Waals surface area contributed by atoms with Crippen LogP contribution in [-0.4, -0.2) is 34.9 Å². The van der Waals surface area contributed by atoms with Crippen molar-refractivity contribution in [1.29, 1.82) is 0 Å². The first-order valence-corrected chi connectivity index (χ1v) is 22.7. The average molecular weight is 826 g/mol. The molecular formula is C57H43N7. The van der Waals surface area contributed by atoms with E-state index in [2.05, 4.69) is 72.8 Å². The van der Waals surface area contributed by atoms with E-state index in [1.54, 1.807) is 0 Å². The summed E-state index contributed by atoms with van der Waals surface area (Å²) in [4.78, 5) is 35.6. The molecule has 4 saturated carbocycles. The second-order valence-corrected chi connectivity index (χ2v) is 18.2. The van der Waals surface area contributed by atoms with Gasteiger partial charge >= 0.3 is 0 Å². The Bertz CT molecular complexity index is 3080. The molecule has 4 fully saturated rings. The fourth-order valence-electron chi connectivity index (χ4n) is 12.1. The molecule has 0 aliphatic heterocycles. The molecule has 1 spiro atoms. The lowest BCUT2D eigenvalue weighted by Crippen LogP contribution is -2.55. The molecule has 0 unspecified atom stereocenters. The van der Waals surface area contributed by atoms with E-state index in [9.17, 15) is 0 Å². The zero-order chi connectivity index (χ0) is 42.2. The zero-order valence-electron chi connectivity index (χ0n) is 35.2. The Labute approximate surface area is 372 Å². The largest absolute Gasteiger partial charge is 0.244 e. The second kappa shape index (κ2) is 14.8. The summed E-state index contributed by atoms with van der Waals surface area (Å²) in [5.41, 5.74) is 13.1. The van der Waals surface area contributed by atoms with E-state index in [0.717, 1.165) is 50.9 Å². The van der Waals surface area contributed by atoms with Crippen molar-refractivity contribution in [2.45, 2.75) is 37.5 Å². The van der Waals surface area contributed by atoms with Crippen LogP contribution in [0.25, 0.3) is 90.8 Å². The van der Waals surface area contributed by atoms with Crippen molar-refractivity contribution < 1.29 is 0 Å². The summed E-state index contributed by atoms with van der Waals surface area (Å²) in [6.07, 6.45) is 6.60. The highest BCUT2D eigenvalue weighted by Gasteiger charge is 2.61. The smallest absolute Gasteiger partial charge is 0.182 e. The molecule has 14 rings (SSSR count). The number of hydrogen-bond donors (Lipinski definition) is 0. The molecule has 0 saturated heterocycles. The van der Waals surface area contributed by atoms with Gasteiger partial charge in [0, 0.05) is 38.8 Å². The Morgan fingerprint density at radius 3 is 1.23 bits per heavy atom. The topological polar surface area (TPSA) is 90.2 Å². The van der Waals surface area contributed by atoms with Crippen molar-refractivity contribution in [1.82, 2.24) is 34.9 Å². The van der Waals surface area contributed by atoms with Crippen LogP contribution in [0.1, 0.15) is 43.2 Å². The molecule has 7 heteroatoms. The molecule has 0 N–H and O–H groups in total. The van der Waals surface area contributed by atoms with E-state index in [4.69, 9.17) is 34.9 Å². The first-order valence-electron chi connectivity index (χ1n) is 22.7. The number of aromatic nitrogens is 7. The minimum atomic E-state index is -0.0445. The third-order valence-corrected chi connectivity index (χ3v) is 14.6. The van der Waals surface area contributed by atoms with Crippen LogP contribution >= 0.6 is 0 Å². The number of fused-ring (bicyclic) bond motifs is 3. The minimum absolute atomic E-state index is 0.0445. The van der Waals surface area contributed by atoms with E-state index < -0.39 is 0 Å². The Balaban J connectivity index is 0.946. The number of nitrogens with zero attached hydrogens (tertiary/aromatic N) is 7. The van der Waals surface area contributed by atoms with Crippen LogP contribution in [0, 0.1) is 23.7 Å². The summed E-state index contributed by atoms with van der Waals surface area (Å²) in [6, 6.07) is 61.1. The average Bonchev–Trinajstić information content (AvgIpc) is 3.65. The summed E-state index contributed by atoms with van der Waals surface area (Å²) in [6.45, 7) is 0. The van der Waals surface area contributed by atoms with Crippen molar-refractivity contribution in [2.75, 3.05) is 0 Å². The van der Waals surface area contributed by atoms with Gasteiger partial charge in [0.15, 0.2) is 34.9 Å². The van der Waals surface area contributed by atoms with Crippen molar-refractivity contribution in [3.63, 3.8) is 0 Å². The maximum absolute atomic E-state index is 5.33. The van der Waals surface area contributed by atoms with E-state index >= 15 is 0 Å². The Morgan fingerprint density at radius 1 is 0.297 bits per heavy atom. The highest BCUT2D eigenvalue weighted by molar-refractivity contribution is 5.87. The molecule has 0 amide bonds. The molecule has 0 radical (unpaired) electrons. The van der Waals surface area contributed by atoms with Crippen molar-refractivity contribution in [3.05, 3.63) is 187 Å². The van der Waals surface area contributed by atoms with Crippen LogP contribution < -0.4 is 0 Å². The standard InChI is InChI=1S/C57H43N7/c1-5-14-37(15-6-1)51-59-52(38-16-7-2-8-17-38)62-55(61-51)42-25-27-47-46(33-42)45-26-24-41(34-48(45)57(47)43-29-35-28-36(31-43)32-44(57)30-35)49-22-13-23-50(58-49)56-63-53(39-18-9-3-10-19-39)60-54(64-56)40-20-11-4-12-21-40/h1-27,33-36,43-44H,28-32H2. The summed E-state index contributed by atoms with van der Waals surface area (Å²) < 4.78 is 0. The summed E-state index contributed by atoms with van der Waals surface area (Å²) in [7, 11) is 0. The highest BCUT2D eigenvalue weighted by Crippen LogP contribution is 2.69. The Morgan fingerprint density at radius 2 is 0.734 bits per heavy atom. The normalized spacial score (nSPS) is 21.2. The van der Waals surface area contributed by atoms with E-state index in [1.165, 1.54) is 54.4 Å². The van der Waals surface area contributed by atoms with E-state index in [0.29, 0.717) is 52.5 Å². The van der Waals surface area contributed by atoms with Crippen LogP contribution in [0.2, 0.25) is 0 Å². The molecule has 5 aliphatic rings. The second-order valence-electron chi connectivity index (χ2n) is 18.2. The molecule has 64 heavy (non-hydrogen) atoms. The van der Waals surface area contributed by atoms with Crippen LogP contribution in [-0.2, 0) is 5.41 Å². The van der Waals surface area contributed by atoms with Gasteiger partial charge in [-0.1, -0.05) is 152 Å².